The van der Waals surface area contributed by atoms with E-state index in [4.69, 9.17) is 8.83 Å². The summed E-state index contributed by atoms with van der Waals surface area (Å²) in [6.45, 7) is 15.9. The molecule has 6 aromatic rings. The van der Waals surface area contributed by atoms with Gasteiger partial charge in [-0.25, -0.2) is 0 Å². The van der Waals surface area contributed by atoms with Crippen molar-refractivity contribution in [1.29, 1.82) is 0 Å². The van der Waals surface area contributed by atoms with Crippen LogP contribution in [0.25, 0.3) is 45.6 Å². The molecule has 290 valence electrons. The van der Waals surface area contributed by atoms with Gasteiger partial charge in [0.2, 0.25) is 0 Å². The number of fused-ring (bicyclic) bond motifs is 2. The number of benzene rings is 4. The Balaban J connectivity index is 0.00000266. The molecule has 4 aromatic carbocycles. The topological polar surface area (TPSA) is 26.3 Å². The van der Waals surface area contributed by atoms with Gasteiger partial charge in [-0.05, 0) is 0 Å². The second kappa shape index (κ2) is 16.1. The van der Waals surface area contributed by atoms with Crippen LogP contribution >= 0.6 is 24.8 Å². The van der Waals surface area contributed by atoms with Crippen LogP contribution in [0.15, 0.2) is 106 Å². The summed E-state index contributed by atoms with van der Waals surface area (Å²) >= 11 is -4.25. The summed E-state index contributed by atoms with van der Waals surface area (Å²) in [6.07, 6.45) is 9.41. The number of furan rings is 2. The molecule has 2 unspecified atom stereocenters. The van der Waals surface area contributed by atoms with Crippen LogP contribution in [0.2, 0.25) is 9.26 Å². The molecule has 0 saturated heterocycles. The van der Waals surface area contributed by atoms with Gasteiger partial charge < -0.3 is 0 Å². The number of hydrogen-bond donors (Lipinski definition) is 0. The van der Waals surface area contributed by atoms with Crippen LogP contribution in [0.1, 0.15) is 101 Å². The first kappa shape index (κ1) is 42.2. The zero-order chi connectivity index (χ0) is 38.0. The molecule has 6 heteroatoms. The van der Waals surface area contributed by atoms with Gasteiger partial charge >= 0.3 is 327 Å². The Hall–Kier alpha value is -3.40. The first-order valence-electron chi connectivity index (χ1n) is 20.0. The first-order chi connectivity index (χ1) is 25.9. The second-order valence-electron chi connectivity index (χ2n) is 17.1. The molecule has 56 heavy (non-hydrogen) atoms. The molecule has 0 saturated carbocycles. The Morgan fingerprint density at radius 3 is 1.25 bits per heavy atom. The van der Waals surface area contributed by atoms with Gasteiger partial charge in [-0.3, -0.25) is 0 Å². The van der Waals surface area contributed by atoms with Gasteiger partial charge in [0.05, 0.1) is 0 Å². The van der Waals surface area contributed by atoms with Crippen molar-refractivity contribution in [3.05, 3.63) is 165 Å². The second-order valence-corrected chi connectivity index (χ2v) is 47.6. The van der Waals surface area contributed by atoms with Gasteiger partial charge in [-0.1, -0.05) is 0 Å². The van der Waals surface area contributed by atoms with E-state index in [0.29, 0.717) is 0 Å². The number of aryl methyl sites for hydroxylation is 4. The minimum atomic E-state index is -4.25. The minimum Gasteiger partial charge on any atom is -0.147 e. The van der Waals surface area contributed by atoms with Gasteiger partial charge in [-0.2, -0.15) is 0 Å². The van der Waals surface area contributed by atoms with Gasteiger partial charge in [0.25, 0.3) is 0 Å². The molecule has 0 fully saturated rings. The van der Waals surface area contributed by atoms with E-state index in [9.17, 15) is 0 Å². The molecule has 2 aromatic heterocycles. The summed E-state index contributed by atoms with van der Waals surface area (Å²) < 4.78 is 19.3. The fraction of sp³-hybridized carbons (Fsp3) is 0.280. The molecular formula is C50H56Cl2O2SiZr. The van der Waals surface area contributed by atoms with E-state index in [-0.39, 0.29) is 32.1 Å². The first-order valence-corrected chi connectivity index (χ1v) is 33.7. The maximum atomic E-state index is 6.65. The van der Waals surface area contributed by atoms with Crippen LogP contribution in [0.5, 0.6) is 0 Å². The van der Waals surface area contributed by atoms with Crippen molar-refractivity contribution in [2.45, 2.75) is 83.7 Å². The third-order valence-electron chi connectivity index (χ3n) is 12.5. The molecule has 0 aliphatic heterocycles. The van der Waals surface area contributed by atoms with E-state index in [1.54, 1.807) is 0 Å². The molecule has 2 aliphatic carbocycles. The molecule has 8 rings (SSSR count). The van der Waals surface area contributed by atoms with Gasteiger partial charge in [0, 0.05) is 0 Å². The fourth-order valence-corrected chi connectivity index (χ4v) is 28.5. The van der Waals surface area contributed by atoms with Crippen molar-refractivity contribution in [2.75, 3.05) is 0 Å². The third kappa shape index (κ3) is 7.08. The van der Waals surface area contributed by atoms with E-state index < -0.39 is 17.4 Å². The summed E-state index contributed by atoms with van der Waals surface area (Å²) in [5, 5.41) is 0. The predicted octanol–water partition coefficient (Wildman–Crippen LogP) is 14.4. The SMILES string of the molecule is CCCc1cc2c(c(-c3ccccc3)c1C)C=C(c1ccc(C)o1)[CH]2[Zr]([CH3])([CH3])(=[SiH2])[CH]1C(c2ccc(C)o2)=Cc2c1cc(CCC)c(C)c2-c1ccccc1.Cl.Cl. The van der Waals surface area contributed by atoms with Gasteiger partial charge in [0.1, 0.15) is 0 Å². The predicted molar refractivity (Wildman–Crippen MR) is 244 cm³/mol. The largest absolute Gasteiger partial charge is 0.147 e. The molecule has 2 heterocycles. The van der Waals surface area contributed by atoms with Crippen molar-refractivity contribution >= 4 is 55.0 Å². The average Bonchev–Trinajstić information content (AvgIpc) is 3.95. The Morgan fingerprint density at radius 2 is 0.929 bits per heavy atom. The quantitative estimate of drug-likeness (QED) is 0.128. The molecule has 2 atom stereocenters. The minimum absolute atomic E-state index is 0. The standard InChI is InChI=1S/2C24H23O.2CH3.2ClH.H2Si.Zr/c2*1-4-8-19-13-20-14-21(23-12-11-16(2)25-23)15-22(20)24(17(19)3)18-9-6-5-7-10-18;;;;;;/h2*5-7,9-15H,4,8H2,1-3H3;2*1H3;2*1H;1H2;. The smallest absolute Gasteiger partial charge is 0.147 e. The molecule has 0 spiro atoms. The van der Waals surface area contributed by atoms with Crippen LogP contribution in [0, 0.1) is 27.7 Å². The van der Waals surface area contributed by atoms with E-state index in [1.807, 2.05) is 0 Å². The summed E-state index contributed by atoms with van der Waals surface area (Å²) in [5.74, 6) is 3.93. The summed E-state index contributed by atoms with van der Waals surface area (Å²) in [7, 11) is 0. The molecule has 0 radical (unpaired) electrons. The van der Waals surface area contributed by atoms with Crippen LogP contribution in [0.4, 0.5) is 0 Å². The maximum absolute atomic E-state index is 6.65. The van der Waals surface area contributed by atoms with E-state index in [1.165, 1.54) is 77.9 Å². The number of halogens is 2. The molecule has 0 bridgehead atoms. The molecule has 2 aliphatic rings. The molecule has 2 nitrogen and oxygen atoms in total. The zero-order valence-corrected chi connectivity index (χ0v) is 39.7. The van der Waals surface area contributed by atoms with Crippen molar-refractivity contribution < 1.29 is 26.2 Å². The zero-order valence-electron chi connectivity index (χ0n) is 34.2. The van der Waals surface area contributed by atoms with Gasteiger partial charge in [0.15, 0.2) is 0 Å². The summed E-state index contributed by atoms with van der Waals surface area (Å²) in [6, 6.07) is 36.1. The fourth-order valence-electron chi connectivity index (χ4n) is 10.2. The van der Waals surface area contributed by atoms with Crippen LogP contribution in [-0.2, 0) is 30.2 Å². The number of allylic oxidation sites excluding steroid dienone is 2. The molecule has 0 N–H and O–H groups in total. The summed E-state index contributed by atoms with van der Waals surface area (Å²) in [4.78, 5) is 0. The van der Waals surface area contributed by atoms with E-state index in [0.717, 1.165) is 48.7 Å². The van der Waals surface area contributed by atoms with E-state index in [2.05, 4.69) is 167 Å². The van der Waals surface area contributed by atoms with Crippen molar-refractivity contribution in [3.63, 3.8) is 0 Å². The molecule has 0 amide bonds. The number of rotatable bonds is 10. The maximum Gasteiger partial charge on any atom is -0.147 e. The van der Waals surface area contributed by atoms with Crippen molar-refractivity contribution in [2.24, 2.45) is 0 Å². The van der Waals surface area contributed by atoms with Crippen molar-refractivity contribution in [1.82, 2.24) is 0 Å². The Morgan fingerprint density at radius 1 is 0.554 bits per heavy atom. The van der Waals surface area contributed by atoms with Crippen LogP contribution in [0.3, 0.4) is 0 Å². The Bertz CT molecular complexity index is 2380. The Kier molecular flexibility index (Phi) is 12.1. The third-order valence-corrected chi connectivity index (χ3v) is 29.7. The monoisotopic (exact) mass is 876 g/mol. The average molecular weight is 879 g/mol. The van der Waals surface area contributed by atoms with Crippen LogP contribution in [-0.4, -0.2) is 6.88 Å². The molecular weight excluding hydrogens is 823 g/mol. The van der Waals surface area contributed by atoms with Crippen LogP contribution < -0.4 is 0 Å². The van der Waals surface area contributed by atoms with Crippen molar-refractivity contribution in [3.8, 4) is 22.3 Å². The normalized spacial score (nSPS) is 16.1. The number of hydrogen-bond acceptors (Lipinski definition) is 2. The Labute approximate surface area is 349 Å². The van der Waals surface area contributed by atoms with Gasteiger partial charge in [-0.15, -0.1) is 24.8 Å². The van der Waals surface area contributed by atoms with E-state index >= 15 is 0 Å². The summed E-state index contributed by atoms with van der Waals surface area (Å²) in [5.41, 5.74) is 19.5.